The van der Waals surface area contributed by atoms with E-state index >= 15 is 0 Å². The summed E-state index contributed by atoms with van der Waals surface area (Å²) in [6, 6.07) is 3.02. The van der Waals surface area contributed by atoms with Gasteiger partial charge in [0, 0.05) is 16.6 Å². The van der Waals surface area contributed by atoms with Crippen molar-refractivity contribution in [2.24, 2.45) is 0 Å². The van der Waals surface area contributed by atoms with Crippen LogP contribution in [0.1, 0.15) is 18.2 Å². The highest BCUT2D eigenvalue weighted by atomic mass is 35.5. The molecule has 1 fully saturated rings. The predicted octanol–water partition coefficient (Wildman–Crippen LogP) is -1.15. The van der Waals surface area contributed by atoms with Crippen molar-refractivity contribution in [3.8, 4) is 0 Å². The molecule has 7 N–H and O–H groups in total. The fourth-order valence-corrected chi connectivity index (χ4v) is 3.93. The van der Waals surface area contributed by atoms with Crippen molar-refractivity contribution < 1.29 is 49.8 Å². The van der Waals surface area contributed by atoms with Crippen LogP contribution >= 0.6 is 11.6 Å². The average Bonchev–Trinajstić information content (AvgIpc) is 3.08. The number of ether oxygens (including phenoxy) is 1. The highest BCUT2D eigenvalue weighted by molar-refractivity contribution is 6.31. The van der Waals surface area contributed by atoms with Crippen LogP contribution in [0.4, 0.5) is 0 Å². The summed E-state index contributed by atoms with van der Waals surface area (Å²) in [6.07, 6.45) is -6.88. The number of hydrogen-bond donors (Lipinski definition) is 7. The van der Waals surface area contributed by atoms with E-state index in [1.807, 2.05) is 0 Å². The number of aromatic nitrogens is 1. The van der Waals surface area contributed by atoms with E-state index in [2.05, 4.69) is 5.32 Å². The lowest BCUT2D eigenvalue weighted by Gasteiger charge is -2.40. The van der Waals surface area contributed by atoms with Gasteiger partial charge in [0.15, 0.2) is 6.23 Å². The van der Waals surface area contributed by atoms with E-state index < -0.39 is 67.6 Å². The zero-order valence-electron chi connectivity index (χ0n) is 17.0. The largest absolute Gasteiger partial charge is 0.481 e. The number of aliphatic carboxylic acids is 2. The second kappa shape index (κ2) is 10.0. The van der Waals surface area contributed by atoms with Crippen molar-refractivity contribution in [3.05, 3.63) is 35.0 Å². The van der Waals surface area contributed by atoms with Crippen molar-refractivity contribution in [3.63, 3.8) is 0 Å². The number of nitrogens with one attached hydrogen (secondary N) is 1. The lowest BCUT2D eigenvalue weighted by atomic mass is 9.98. The number of nitrogens with zero attached hydrogens (tertiary/aromatic N) is 1. The van der Waals surface area contributed by atoms with Crippen LogP contribution in [0.25, 0.3) is 10.9 Å². The van der Waals surface area contributed by atoms with Gasteiger partial charge in [-0.2, -0.15) is 0 Å². The molecule has 3 rings (SSSR count). The van der Waals surface area contributed by atoms with E-state index in [0.29, 0.717) is 21.5 Å². The van der Waals surface area contributed by atoms with Gasteiger partial charge in [-0.05, 0) is 23.8 Å². The van der Waals surface area contributed by atoms with Gasteiger partial charge in [0.25, 0.3) is 0 Å². The minimum Gasteiger partial charge on any atom is -0.481 e. The molecule has 6 atom stereocenters. The van der Waals surface area contributed by atoms with Gasteiger partial charge in [-0.25, -0.2) is 4.79 Å². The first-order valence-electron chi connectivity index (χ1n) is 9.87. The Labute approximate surface area is 191 Å². The summed E-state index contributed by atoms with van der Waals surface area (Å²) < 4.78 is 6.99. The predicted molar refractivity (Wildman–Crippen MR) is 111 cm³/mol. The summed E-state index contributed by atoms with van der Waals surface area (Å²) in [4.78, 5) is 34.6. The number of aliphatic hydroxyl groups is 4. The number of amides is 1. The topological polar surface area (TPSA) is 199 Å². The molecule has 0 spiro atoms. The summed E-state index contributed by atoms with van der Waals surface area (Å²) in [5.74, 6) is -3.66. The third-order valence-corrected chi connectivity index (χ3v) is 5.62. The van der Waals surface area contributed by atoms with Gasteiger partial charge in [-0.1, -0.05) is 11.6 Å². The van der Waals surface area contributed by atoms with Gasteiger partial charge < -0.3 is 45.3 Å². The SMILES string of the molecule is O=C(O)C[C@@H](NC(=O)Cc1cn([C@@H]2O[C@H](CO)[C@@H](O)[C@H](O)[C@H]2O)c2ccc(Cl)cc12)C(=O)O. The third-order valence-electron chi connectivity index (χ3n) is 5.38. The summed E-state index contributed by atoms with van der Waals surface area (Å²) in [5.41, 5.74) is 0.785. The molecule has 0 radical (unpaired) electrons. The number of benzene rings is 1. The lowest BCUT2D eigenvalue weighted by molar-refractivity contribution is -0.250. The molecule has 1 amide bonds. The van der Waals surface area contributed by atoms with Crippen molar-refractivity contribution in [2.75, 3.05) is 6.61 Å². The Morgan fingerprint density at radius 3 is 2.42 bits per heavy atom. The Morgan fingerprint density at radius 2 is 1.82 bits per heavy atom. The zero-order chi connectivity index (χ0) is 24.4. The Bertz CT molecular complexity index is 1050. The average molecular weight is 487 g/mol. The van der Waals surface area contributed by atoms with Crippen LogP contribution in [0.3, 0.4) is 0 Å². The molecule has 13 heteroatoms. The Hall–Kier alpha value is -2.74. The molecule has 0 saturated carbocycles. The number of carbonyl (C=O) groups excluding carboxylic acids is 1. The van der Waals surface area contributed by atoms with Gasteiger partial charge in [0.2, 0.25) is 5.91 Å². The first-order chi connectivity index (χ1) is 15.5. The molecular formula is C20H23ClN2O10. The first-order valence-corrected chi connectivity index (χ1v) is 10.2. The van der Waals surface area contributed by atoms with Crippen molar-refractivity contribution in [1.29, 1.82) is 0 Å². The fourth-order valence-electron chi connectivity index (χ4n) is 3.75. The van der Waals surface area contributed by atoms with Crippen LogP contribution in [0.2, 0.25) is 5.02 Å². The molecule has 0 unspecified atom stereocenters. The van der Waals surface area contributed by atoms with E-state index in [-0.39, 0.29) is 6.42 Å². The fraction of sp³-hybridized carbons (Fsp3) is 0.450. The van der Waals surface area contributed by atoms with Crippen LogP contribution < -0.4 is 5.32 Å². The maximum Gasteiger partial charge on any atom is 0.326 e. The number of halogens is 1. The molecule has 2 aromatic rings. The van der Waals surface area contributed by atoms with E-state index in [1.165, 1.54) is 16.8 Å². The Kier molecular flexibility index (Phi) is 7.57. The van der Waals surface area contributed by atoms with Gasteiger partial charge in [-0.3, -0.25) is 9.59 Å². The molecule has 1 aromatic carbocycles. The van der Waals surface area contributed by atoms with E-state index in [4.69, 9.17) is 26.6 Å². The van der Waals surface area contributed by atoms with Crippen molar-refractivity contribution in [2.45, 2.75) is 49.5 Å². The maximum atomic E-state index is 12.5. The molecule has 1 aliphatic rings. The van der Waals surface area contributed by atoms with E-state index in [0.717, 1.165) is 0 Å². The lowest BCUT2D eigenvalue weighted by Crippen LogP contribution is -2.56. The maximum absolute atomic E-state index is 12.5. The first kappa shape index (κ1) is 24.9. The van der Waals surface area contributed by atoms with Gasteiger partial charge in [0.05, 0.1) is 25.0 Å². The number of fused-ring (bicyclic) bond motifs is 1. The van der Waals surface area contributed by atoms with E-state index in [1.54, 1.807) is 12.1 Å². The van der Waals surface area contributed by atoms with Crippen LogP contribution in [-0.4, -0.2) is 90.1 Å². The van der Waals surface area contributed by atoms with Gasteiger partial charge in [-0.15, -0.1) is 0 Å². The van der Waals surface area contributed by atoms with Crippen LogP contribution in [-0.2, 0) is 25.5 Å². The monoisotopic (exact) mass is 486 g/mol. The normalized spacial score (nSPS) is 26.2. The highest BCUT2D eigenvalue weighted by Gasteiger charge is 2.44. The number of hydrogen-bond acceptors (Lipinski definition) is 8. The number of rotatable bonds is 8. The number of carboxylic acids is 2. The third kappa shape index (κ3) is 5.27. The van der Waals surface area contributed by atoms with Crippen molar-refractivity contribution >= 4 is 40.3 Å². The standard InChI is InChI=1S/C20H23ClN2O10/c21-9-1-2-12-10(4-9)8(3-14(25)22-11(20(31)32)5-15(26)27)6-23(12)19-18(30)17(29)16(28)13(7-24)33-19/h1-2,4,6,11,13,16-19,24,28-30H,3,5,7H2,(H,22,25)(H,26,27)(H,31,32)/t11-,13-,16-,17+,18-,19-/m1/s1. The molecule has 0 bridgehead atoms. The minimum absolute atomic E-state index is 0.324. The molecule has 1 saturated heterocycles. The molecule has 12 nitrogen and oxygen atoms in total. The van der Waals surface area contributed by atoms with Crippen LogP contribution in [0, 0.1) is 0 Å². The number of aliphatic hydroxyl groups excluding tert-OH is 4. The quantitative estimate of drug-likeness (QED) is 0.239. The Balaban J connectivity index is 1.94. The summed E-state index contributed by atoms with van der Waals surface area (Å²) in [7, 11) is 0. The zero-order valence-corrected chi connectivity index (χ0v) is 17.8. The summed E-state index contributed by atoms with van der Waals surface area (Å²) in [6.45, 7) is -0.623. The highest BCUT2D eigenvalue weighted by Crippen LogP contribution is 2.34. The minimum atomic E-state index is -1.63. The molecule has 0 aliphatic carbocycles. The van der Waals surface area contributed by atoms with Gasteiger partial charge in [0.1, 0.15) is 30.5 Å². The van der Waals surface area contributed by atoms with E-state index in [9.17, 15) is 34.8 Å². The number of carboxylic acid groups (broad SMARTS) is 2. The number of carbonyl (C=O) groups is 3. The molecule has 180 valence electrons. The summed E-state index contributed by atoms with van der Waals surface area (Å²) in [5, 5.41) is 61.0. The molecular weight excluding hydrogens is 464 g/mol. The smallest absolute Gasteiger partial charge is 0.326 e. The molecule has 2 heterocycles. The molecule has 33 heavy (non-hydrogen) atoms. The van der Waals surface area contributed by atoms with Crippen LogP contribution in [0.15, 0.2) is 24.4 Å². The van der Waals surface area contributed by atoms with Crippen molar-refractivity contribution in [1.82, 2.24) is 9.88 Å². The Morgan fingerprint density at radius 1 is 1.12 bits per heavy atom. The molecule has 1 aliphatic heterocycles. The second-order valence-electron chi connectivity index (χ2n) is 7.68. The second-order valence-corrected chi connectivity index (χ2v) is 8.11. The van der Waals surface area contributed by atoms with Gasteiger partial charge >= 0.3 is 11.9 Å². The molecule has 1 aromatic heterocycles. The summed E-state index contributed by atoms with van der Waals surface area (Å²) >= 11 is 6.08. The van der Waals surface area contributed by atoms with Crippen LogP contribution in [0.5, 0.6) is 0 Å².